The molecule has 0 saturated heterocycles. The molecule has 6 nitrogen and oxygen atoms in total. The highest BCUT2D eigenvalue weighted by Gasteiger charge is 2.24. The Hall–Kier alpha value is -4.71. The summed E-state index contributed by atoms with van der Waals surface area (Å²) in [6, 6.07) is 28.9. The fraction of sp³-hybridized carbons (Fsp3) is 0.0357. The van der Waals surface area contributed by atoms with Crippen molar-refractivity contribution in [3.63, 3.8) is 0 Å². The normalized spacial score (nSPS) is 10.4. The number of aromatic carboxylic acids is 1. The van der Waals surface area contributed by atoms with Crippen LogP contribution >= 0.6 is 0 Å². The van der Waals surface area contributed by atoms with Crippen molar-refractivity contribution < 1.29 is 24.2 Å². The summed E-state index contributed by atoms with van der Waals surface area (Å²) >= 11 is 0. The van der Waals surface area contributed by atoms with Crippen LogP contribution in [0.15, 0.2) is 103 Å². The first kappa shape index (κ1) is 22.5. The Bertz CT molecular complexity index is 1320. The molecule has 0 unspecified atom stereocenters. The lowest BCUT2D eigenvalue weighted by Crippen LogP contribution is -2.17. The molecule has 0 spiro atoms. The van der Waals surface area contributed by atoms with Crippen molar-refractivity contribution in [2.45, 2.75) is 6.61 Å². The van der Waals surface area contributed by atoms with Crippen LogP contribution in [0.4, 0.5) is 5.69 Å². The van der Waals surface area contributed by atoms with Gasteiger partial charge in [0.25, 0.3) is 5.91 Å². The molecule has 0 bridgehead atoms. The molecule has 1 amide bonds. The Morgan fingerprint density at radius 1 is 0.706 bits per heavy atom. The first-order valence-electron chi connectivity index (χ1n) is 10.6. The Morgan fingerprint density at radius 3 is 1.85 bits per heavy atom. The Balaban J connectivity index is 1.81. The monoisotopic (exact) mass is 451 g/mol. The molecule has 2 N–H and O–H groups in total. The largest absolute Gasteiger partial charge is 0.488 e. The number of nitrogens with one attached hydrogen (secondary N) is 1. The number of benzene rings is 4. The van der Waals surface area contributed by atoms with Crippen LogP contribution in [0.5, 0.6) is 5.75 Å². The van der Waals surface area contributed by atoms with Crippen molar-refractivity contribution in [3.05, 3.63) is 131 Å². The quantitative estimate of drug-likeness (QED) is 0.348. The second-order valence-electron chi connectivity index (χ2n) is 7.49. The third kappa shape index (κ3) is 5.19. The molecule has 0 saturated carbocycles. The van der Waals surface area contributed by atoms with Crippen molar-refractivity contribution in [2.24, 2.45) is 0 Å². The Kier molecular flexibility index (Phi) is 6.79. The molecule has 168 valence electrons. The van der Waals surface area contributed by atoms with Crippen molar-refractivity contribution in [1.29, 1.82) is 0 Å². The van der Waals surface area contributed by atoms with E-state index in [9.17, 15) is 19.5 Å². The zero-order valence-corrected chi connectivity index (χ0v) is 18.1. The van der Waals surface area contributed by atoms with Gasteiger partial charge < -0.3 is 15.2 Å². The second-order valence-corrected chi connectivity index (χ2v) is 7.49. The van der Waals surface area contributed by atoms with Crippen LogP contribution in [0.1, 0.15) is 42.2 Å². The number of ether oxygens (including phenoxy) is 1. The van der Waals surface area contributed by atoms with Crippen molar-refractivity contribution in [3.8, 4) is 5.75 Å². The minimum absolute atomic E-state index is 0.0608. The fourth-order valence-corrected chi connectivity index (χ4v) is 3.44. The molecular formula is C28H21NO5. The Morgan fingerprint density at radius 2 is 1.26 bits per heavy atom. The van der Waals surface area contributed by atoms with E-state index in [4.69, 9.17) is 4.74 Å². The number of rotatable bonds is 8. The van der Waals surface area contributed by atoms with Crippen LogP contribution in [-0.2, 0) is 6.61 Å². The van der Waals surface area contributed by atoms with Crippen LogP contribution in [0.3, 0.4) is 0 Å². The fourth-order valence-electron chi connectivity index (χ4n) is 3.44. The SMILES string of the molecule is O=C(O)c1cc(NC(=O)c2ccccc2)c(C(=O)c2ccccc2)c(OCc2ccccc2)c1. The van der Waals surface area contributed by atoms with Gasteiger partial charge in [-0.25, -0.2) is 4.79 Å². The summed E-state index contributed by atoms with van der Waals surface area (Å²) in [6.45, 7) is 0.116. The van der Waals surface area contributed by atoms with Crippen LogP contribution < -0.4 is 10.1 Å². The number of carboxylic acids is 1. The first-order valence-corrected chi connectivity index (χ1v) is 10.6. The number of amides is 1. The smallest absolute Gasteiger partial charge is 0.335 e. The van der Waals surface area contributed by atoms with Gasteiger partial charge in [-0.2, -0.15) is 0 Å². The number of hydrogen-bond acceptors (Lipinski definition) is 4. The molecule has 0 aliphatic carbocycles. The third-order valence-electron chi connectivity index (χ3n) is 5.13. The van der Waals surface area contributed by atoms with E-state index in [2.05, 4.69) is 5.32 Å². The number of hydrogen-bond donors (Lipinski definition) is 2. The van der Waals surface area contributed by atoms with Crippen molar-refractivity contribution in [2.75, 3.05) is 5.32 Å². The third-order valence-corrected chi connectivity index (χ3v) is 5.13. The summed E-state index contributed by atoms with van der Waals surface area (Å²) in [7, 11) is 0. The van der Waals surface area contributed by atoms with Crippen molar-refractivity contribution >= 4 is 23.3 Å². The molecule has 34 heavy (non-hydrogen) atoms. The van der Waals surface area contributed by atoms with E-state index in [1.165, 1.54) is 12.1 Å². The summed E-state index contributed by atoms with van der Waals surface area (Å²) in [5, 5.41) is 12.4. The number of anilines is 1. The molecule has 0 heterocycles. The van der Waals surface area contributed by atoms with Gasteiger partial charge >= 0.3 is 5.97 Å². The lowest BCUT2D eigenvalue weighted by Gasteiger charge is -2.17. The van der Waals surface area contributed by atoms with Crippen LogP contribution in [0, 0.1) is 0 Å². The molecule has 0 atom stereocenters. The first-order chi connectivity index (χ1) is 16.5. The van der Waals surface area contributed by atoms with E-state index in [1.54, 1.807) is 60.7 Å². The minimum atomic E-state index is -1.21. The van der Waals surface area contributed by atoms with Crippen LogP contribution in [0.25, 0.3) is 0 Å². The van der Waals surface area contributed by atoms with Gasteiger partial charge in [0.15, 0.2) is 5.78 Å². The van der Waals surface area contributed by atoms with E-state index in [-0.39, 0.29) is 29.2 Å². The van der Waals surface area contributed by atoms with E-state index < -0.39 is 17.7 Å². The lowest BCUT2D eigenvalue weighted by atomic mass is 9.98. The molecule has 0 aromatic heterocycles. The minimum Gasteiger partial charge on any atom is -0.488 e. The lowest BCUT2D eigenvalue weighted by molar-refractivity contribution is 0.0695. The van der Waals surface area contributed by atoms with E-state index >= 15 is 0 Å². The molecule has 4 aromatic rings. The molecule has 0 fully saturated rings. The molecule has 4 aromatic carbocycles. The molecule has 0 aliphatic rings. The van der Waals surface area contributed by atoms with E-state index in [0.29, 0.717) is 11.1 Å². The Labute approximate surface area is 196 Å². The van der Waals surface area contributed by atoms with E-state index in [1.807, 2.05) is 30.3 Å². The highest BCUT2D eigenvalue weighted by molar-refractivity contribution is 6.17. The van der Waals surface area contributed by atoms with Crippen LogP contribution in [0.2, 0.25) is 0 Å². The number of carbonyl (C=O) groups excluding carboxylic acids is 2. The van der Waals surface area contributed by atoms with Crippen LogP contribution in [-0.4, -0.2) is 22.8 Å². The highest BCUT2D eigenvalue weighted by Crippen LogP contribution is 2.32. The summed E-state index contributed by atoms with van der Waals surface area (Å²) < 4.78 is 5.95. The maximum atomic E-state index is 13.5. The summed E-state index contributed by atoms with van der Waals surface area (Å²) in [4.78, 5) is 38.2. The average Bonchev–Trinajstić information content (AvgIpc) is 2.88. The molecule has 0 aliphatic heterocycles. The summed E-state index contributed by atoms with van der Waals surface area (Å²) in [5.41, 5.74) is 1.62. The number of ketones is 1. The predicted octanol–water partition coefficient (Wildman–Crippen LogP) is 5.45. The molecule has 4 rings (SSSR count). The van der Waals surface area contributed by atoms with E-state index in [0.717, 1.165) is 5.56 Å². The highest BCUT2D eigenvalue weighted by atomic mass is 16.5. The zero-order valence-electron chi connectivity index (χ0n) is 18.1. The maximum Gasteiger partial charge on any atom is 0.335 e. The van der Waals surface area contributed by atoms with Gasteiger partial charge in [0.1, 0.15) is 12.4 Å². The molecule has 6 heteroatoms. The van der Waals surface area contributed by atoms with Gasteiger partial charge in [-0.15, -0.1) is 0 Å². The zero-order chi connectivity index (χ0) is 23.9. The van der Waals surface area contributed by atoms with Crippen molar-refractivity contribution in [1.82, 2.24) is 0 Å². The summed E-state index contributed by atoms with van der Waals surface area (Å²) in [6.07, 6.45) is 0. The number of carbonyl (C=O) groups is 3. The van der Waals surface area contributed by atoms with Gasteiger partial charge in [-0.1, -0.05) is 78.9 Å². The number of carboxylic acid groups (broad SMARTS) is 1. The summed E-state index contributed by atoms with van der Waals surface area (Å²) in [5.74, 6) is -2.01. The average molecular weight is 451 g/mol. The standard InChI is InChI=1S/C28H21NO5/c30-26(20-12-6-2-7-13-20)25-23(29-27(31)21-14-8-3-9-15-21)16-22(28(32)33)17-24(25)34-18-19-10-4-1-5-11-19/h1-17H,18H2,(H,29,31)(H,32,33). The molecular weight excluding hydrogens is 430 g/mol. The van der Waals surface area contributed by atoms with Gasteiger partial charge in [0, 0.05) is 11.1 Å². The van der Waals surface area contributed by atoms with Gasteiger partial charge in [0.2, 0.25) is 0 Å². The van der Waals surface area contributed by atoms with Gasteiger partial charge in [-0.3, -0.25) is 9.59 Å². The maximum absolute atomic E-state index is 13.5. The van der Waals surface area contributed by atoms with Gasteiger partial charge in [-0.05, 0) is 29.8 Å². The topological polar surface area (TPSA) is 92.7 Å². The predicted molar refractivity (Wildman–Crippen MR) is 128 cm³/mol. The second kappa shape index (κ2) is 10.3. The van der Waals surface area contributed by atoms with Gasteiger partial charge in [0.05, 0.1) is 16.8 Å². The molecule has 0 radical (unpaired) electrons.